The van der Waals surface area contributed by atoms with Gasteiger partial charge in [-0.3, -0.25) is 4.79 Å². The molecule has 1 aromatic carbocycles. The highest BCUT2D eigenvalue weighted by molar-refractivity contribution is 5.92. The van der Waals surface area contributed by atoms with Crippen molar-refractivity contribution in [2.75, 3.05) is 6.54 Å². The maximum absolute atomic E-state index is 13.0. The number of aromatic nitrogens is 1. The van der Waals surface area contributed by atoms with E-state index < -0.39 is 0 Å². The van der Waals surface area contributed by atoms with Gasteiger partial charge in [-0.1, -0.05) is 54.2 Å². The van der Waals surface area contributed by atoms with Gasteiger partial charge in [0, 0.05) is 18.5 Å². The number of likely N-dealkylation sites (tertiary alicyclic amines) is 1. The van der Waals surface area contributed by atoms with Crippen molar-refractivity contribution in [3.8, 4) is 0 Å². The maximum atomic E-state index is 13.0. The number of nitrogens with zero attached hydrogens (tertiary/aromatic N) is 2. The van der Waals surface area contributed by atoms with E-state index in [-0.39, 0.29) is 11.9 Å². The molecular formula is C21H26N2O2. The van der Waals surface area contributed by atoms with E-state index in [2.05, 4.69) is 36.3 Å². The summed E-state index contributed by atoms with van der Waals surface area (Å²) in [5.41, 5.74) is 3.42. The van der Waals surface area contributed by atoms with Gasteiger partial charge in [-0.05, 0) is 38.2 Å². The minimum absolute atomic E-state index is 0.0152. The molecule has 0 N–H and O–H groups in total. The number of hydrogen-bond acceptors (Lipinski definition) is 3. The molecule has 4 nitrogen and oxygen atoms in total. The van der Waals surface area contributed by atoms with Crippen molar-refractivity contribution >= 4 is 5.91 Å². The molecular weight excluding hydrogens is 312 g/mol. The first kappa shape index (κ1) is 16.4. The normalized spacial score (nSPS) is 21.6. The van der Waals surface area contributed by atoms with E-state index in [0.717, 1.165) is 37.9 Å². The van der Waals surface area contributed by atoms with Crippen LogP contribution >= 0.6 is 0 Å². The van der Waals surface area contributed by atoms with Crippen molar-refractivity contribution in [1.29, 1.82) is 0 Å². The Balaban J connectivity index is 1.52. The van der Waals surface area contributed by atoms with E-state index in [0.29, 0.717) is 11.7 Å². The predicted octanol–water partition coefficient (Wildman–Crippen LogP) is 5.01. The van der Waals surface area contributed by atoms with Crippen LogP contribution in [0.2, 0.25) is 0 Å². The summed E-state index contributed by atoms with van der Waals surface area (Å²) in [6.07, 6.45) is 8.19. The number of carbonyl (C=O) groups is 1. The standard InChI is InChI=1S/C21H26N2O2/c1-15-7-5-10-17(13-15)19-11-6-12-23(19)21(24)20-14-18(22-25-20)16-8-3-2-4-9-16/h5,7,10,13-14,16,19H,2-4,6,8-9,11-12H2,1H3/t19-/m0/s1. The highest BCUT2D eigenvalue weighted by Gasteiger charge is 2.33. The first-order valence-corrected chi connectivity index (χ1v) is 9.56. The van der Waals surface area contributed by atoms with Crippen molar-refractivity contribution in [2.24, 2.45) is 0 Å². The van der Waals surface area contributed by atoms with Crippen molar-refractivity contribution in [3.05, 3.63) is 52.9 Å². The zero-order valence-corrected chi connectivity index (χ0v) is 14.9. The molecule has 1 saturated carbocycles. The van der Waals surface area contributed by atoms with E-state index in [9.17, 15) is 4.79 Å². The topological polar surface area (TPSA) is 46.3 Å². The van der Waals surface area contributed by atoms with Gasteiger partial charge in [0.1, 0.15) is 0 Å². The molecule has 0 spiro atoms. The molecule has 25 heavy (non-hydrogen) atoms. The van der Waals surface area contributed by atoms with Gasteiger partial charge in [-0.25, -0.2) is 0 Å². The Morgan fingerprint density at radius 2 is 1.96 bits per heavy atom. The molecule has 1 aliphatic carbocycles. The molecule has 0 bridgehead atoms. The molecule has 1 aliphatic heterocycles. The first-order chi connectivity index (χ1) is 12.2. The molecule has 0 unspecified atom stereocenters. The van der Waals surface area contributed by atoms with Crippen LogP contribution in [0.15, 0.2) is 34.9 Å². The Kier molecular flexibility index (Phi) is 4.60. The predicted molar refractivity (Wildman–Crippen MR) is 96.5 cm³/mol. The lowest BCUT2D eigenvalue weighted by Crippen LogP contribution is -2.30. The second kappa shape index (κ2) is 7.03. The molecule has 2 heterocycles. The smallest absolute Gasteiger partial charge is 0.292 e. The van der Waals surface area contributed by atoms with Gasteiger partial charge in [-0.15, -0.1) is 0 Å². The third kappa shape index (κ3) is 3.35. The fraction of sp³-hybridized carbons (Fsp3) is 0.524. The van der Waals surface area contributed by atoms with Crippen LogP contribution in [0.25, 0.3) is 0 Å². The largest absolute Gasteiger partial charge is 0.351 e. The van der Waals surface area contributed by atoms with E-state index in [1.54, 1.807) is 0 Å². The summed E-state index contributed by atoms with van der Waals surface area (Å²) >= 11 is 0. The maximum Gasteiger partial charge on any atom is 0.292 e. The van der Waals surface area contributed by atoms with Crippen molar-refractivity contribution < 1.29 is 9.32 Å². The van der Waals surface area contributed by atoms with Crippen molar-refractivity contribution in [3.63, 3.8) is 0 Å². The number of rotatable bonds is 3. The third-order valence-corrected chi connectivity index (χ3v) is 5.70. The van der Waals surface area contributed by atoms with Crippen LogP contribution in [0.5, 0.6) is 0 Å². The minimum atomic E-state index is -0.0152. The Bertz CT molecular complexity index is 746. The summed E-state index contributed by atoms with van der Waals surface area (Å²) in [7, 11) is 0. The molecule has 1 amide bonds. The van der Waals surface area contributed by atoms with Gasteiger partial charge in [-0.2, -0.15) is 0 Å². The summed E-state index contributed by atoms with van der Waals surface area (Å²) in [6, 6.07) is 10.5. The fourth-order valence-electron chi connectivity index (χ4n) is 4.36. The molecule has 1 atom stereocenters. The van der Waals surface area contributed by atoms with Gasteiger partial charge < -0.3 is 9.42 Å². The fourth-order valence-corrected chi connectivity index (χ4v) is 4.36. The first-order valence-electron chi connectivity index (χ1n) is 9.56. The molecule has 4 heteroatoms. The number of benzene rings is 1. The van der Waals surface area contributed by atoms with Gasteiger partial charge >= 0.3 is 0 Å². The lowest BCUT2D eigenvalue weighted by Gasteiger charge is -2.24. The van der Waals surface area contributed by atoms with E-state index in [1.807, 2.05) is 11.0 Å². The summed E-state index contributed by atoms with van der Waals surface area (Å²) in [5.74, 6) is 0.851. The van der Waals surface area contributed by atoms with Crippen LogP contribution < -0.4 is 0 Å². The number of carbonyl (C=O) groups excluding carboxylic acids is 1. The Morgan fingerprint density at radius 1 is 1.12 bits per heavy atom. The second-order valence-corrected chi connectivity index (χ2v) is 7.52. The SMILES string of the molecule is Cc1cccc([C@@H]2CCCN2C(=O)c2cc(C3CCCCC3)no2)c1. The van der Waals surface area contributed by atoms with Crippen LogP contribution in [-0.4, -0.2) is 22.5 Å². The van der Waals surface area contributed by atoms with Crippen LogP contribution in [0.4, 0.5) is 0 Å². The molecule has 1 saturated heterocycles. The Labute approximate surface area is 149 Å². The number of aryl methyl sites for hydroxylation is 1. The lowest BCUT2D eigenvalue weighted by atomic mass is 9.87. The zero-order chi connectivity index (χ0) is 17.2. The molecule has 2 aliphatic rings. The molecule has 4 rings (SSSR count). The van der Waals surface area contributed by atoms with Crippen LogP contribution in [0.3, 0.4) is 0 Å². The minimum Gasteiger partial charge on any atom is -0.351 e. The summed E-state index contributed by atoms with van der Waals surface area (Å²) in [4.78, 5) is 15.0. The second-order valence-electron chi connectivity index (χ2n) is 7.52. The highest BCUT2D eigenvalue weighted by atomic mass is 16.5. The number of hydrogen-bond donors (Lipinski definition) is 0. The summed E-state index contributed by atoms with van der Waals surface area (Å²) in [6.45, 7) is 2.88. The molecule has 132 valence electrons. The van der Waals surface area contributed by atoms with Gasteiger partial charge in [0.25, 0.3) is 5.91 Å². The van der Waals surface area contributed by atoms with Crippen LogP contribution in [-0.2, 0) is 0 Å². The monoisotopic (exact) mass is 338 g/mol. The average Bonchev–Trinajstić information content (AvgIpc) is 3.32. The molecule has 1 aromatic heterocycles. The van der Waals surface area contributed by atoms with E-state index in [4.69, 9.17) is 4.52 Å². The van der Waals surface area contributed by atoms with Crippen LogP contribution in [0.1, 0.15) is 84.3 Å². The highest BCUT2D eigenvalue weighted by Crippen LogP contribution is 2.35. The Hall–Kier alpha value is -2.10. The molecule has 2 aromatic rings. The van der Waals surface area contributed by atoms with Gasteiger partial charge in [0.05, 0.1) is 11.7 Å². The molecule has 2 fully saturated rings. The quantitative estimate of drug-likeness (QED) is 0.790. The number of amides is 1. The molecule has 0 radical (unpaired) electrons. The summed E-state index contributed by atoms with van der Waals surface area (Å²) < 4.78 is 5.46. The van der Waals surface area contributed by atoms with Crippen LogP contribution in [0, 0.1) is 6.92 Å². The van der Waals surface area contributed by atoms with Crippen molar-refractivity contribution in [1.82, 2.24) is 10.1 Å². The zero-order valence-electron chi connectivity index (χ0n) is 14.9. The van der Waals surface area contributed by atoms with E-state index in [1.165, 1.54) is 30.4 Å². The average molecular weight is 338 g/mol. The third-order valence-electron chi connectivity index (χ3n) is 5.70. The Morgan fingerprint density at radius 3 is 2.76 bits per heavy atom. The van der Waals surface area contributed by atoms with Gasteiger partial charge in [0.2, 0.25) is 5.76 Å². The van der Waals surface area contributed by atoms with E-state index >= 15 is 0 Å². The lowest BCUT2D eigenvalue weighted by molar-refractivity contribution is 0.0693. The van der Waals surface area contributed by atoms with Gasteiger partial charge in [0.15, 0.2) is 0 Å². The summed E-state index contributed by atoms with van der Waals surface area (Å²) in [5, 5.41) is 4.22. The van der Waals surface area contributed by atoms with Crippen molar-refractivity contribution in [2.45, 2.75) is 63.8 Å².